The molecule has 0 spiro atoms. The number of hydrogen-bond acceptors (Lipinski definition) is 7. The molecule has 9 heteroatoms. The quantitative estimate of drug-likeness (QED) is 0.728. The van der Waals surface area contributed by atoms with Crippen molar-refractivity contribution in [3.05, 3.63) is 34.7 Å². The molecular weight excluding hydrogens is 422 g/mol. The Hall–Kier alpha value is -1.77. The number of hydrogen-bond donors (Lipinski definition) is 2. The van der Waals surface area contributed by atoms with Gasteiger partial charge in [0.05, 0.1) is 45.3 Å². The molecule has 0 amide bonds. The minimum atomic E-state index is -1.01. The summed E-state index contributed by atoms with van der Waals surface area (Å²) in [6.45, 7) is 1.81. The highest BCUT2D eigenvalue weighted by Gasteiger charge is 2.39. The SMILES string of the molecule is O=S1CCc2cc(C3CCN(c4ncc(Cl)cn4)CC3)nc(NC3(CO)CCC3)c21. The monoisotopic (exact) mass is 447 g/mol. The smallest absolute Gasteiger partial charge is 0.225 e. The summed E-state index contributed by atoms with van der Waals surface area (Å²) in [5, 5.41) is 13.9. The summed E-state index contributed by atoms with van der Waals surface area (Å²) in [6.07, 6.45) is 8.98. The van der Waals surface area contributed by atoms with E-state index in [0.717, 1.165) is 73.6 Å². The van der Waals surface area contributed by atoms with Gasteiger partial charge < -0.3 is 15.3 Å². The van der Waals surface area contributed by atoms with Gasteiger partial charge in [0.15, 0.2) is 0 Å². The molecule has 1 unspecified atom stereocenters. The van der Waals surface area contributed by atoms with Crippen molar-refractivity contribution in [3.63, 3.8) is 0 Å². The van der Waals surface area contributed by atoms with Crippen molar-refractivity contribution < 1.29 is 9.32 Å². The minimum absolute atomic E-state index is 0.0831. The maximum absolute atomic E-state index is 12.6. The number of halogens is 1. The fourth-order valence-corrected chi connectivity index (χ4v) is 6.14. The third kappa shape index (κ3) is 3.69. The van der Waals surface area contributed by atoms with Crippen LogP contribution in [0.5, 0.6) is 0 Å². The number of pyridine rings is 1. The van der Waals surface area contributed by atoms with E-state index in [9.17, 15) is 9.32 Å². The van der Waals surface area contributed by atoms with Crippen LogP contribution in [0.2, 0.25) is 5.02 Å². The number of aromatic nitrogens is 3. The van der Waals surface area contributed by atoms with E-state index in [1.54, 1.807) is 12.4 Å². The molecule has 0 bridgehead atoms. The fourth-order valence-electron chi connectivity index (χ4n) is 4.67. The number of rotatable bonds is 5. The van der Waals surface area contributed by atoms with E-state index in [4.69, 9.17) is 16.6 Å². The molecule has 2 aromatic heterocycles. The normalized spacial score (nSPS) is 23.1. The number of aliphatic hydroxyl groups excluding tert-OH is 1. The van der Waals surface area contributed by atoms with Crippen molar-refractivity contribution in [3.8, 4) is 0 Å². The molecule has 30 heavy (non-hydrogen) atoms. The van der Waals surface area contributed by atoms with Gasteiger partial charge in [-0.25, -0.2) is 15.0 Å². The van der Waals surface area contributed by atoms with Crippen LogP contribution in [0, 0.1) is 0 Å². The van der Waals surface area contributed by atoms with Gasteiger partial charge in [0.25, 0.3) is 0 Å². The maximum atomic E-state index is 12.6. The van der Waals surface area contributed by atoms with E-state index >= 15 is 0 Å². The van der Waals surface area contributed by atoms with Crippen molar-refractivity contribution in [2.75, 3.05) is 35.7 Å². The number of nitrogens with one attached hydrogen (secondary N) is 1. The van der Waals surface area contributed by atoms with Crippen LogP contribution in [0.4, 0.5) is 11.8 Å². The largest absolute Gasteiger partial charge is 0.394 e. The molecular formula is C21H26ClN5O2S. The zero-order valence-electron chi connectivity index (χ0n) is 16.8. The Bertz CT molecular complexity index is 953. The Morgan fingerprint density at radius 3 is 2.63 bits per heavy atom. The van der Waals surface area contributed by atoms with Crippen LogP contribution in [0.3, 0.4) is 0 Å². The van der Waals surface area contributed by atoms with Crippen LogP contribution in [0.1, 0.15) is 49.3 Å². The summed E-state index contributed by atoms with van der Waals surface area (Å²) in [5.74, 6) is 2.45. The lowest BCUT2D eigenvalue weighted by atomic mass is 9.77. The number of aryl methyl sites for hydroxylation is 1. The Morgan fingerprint density at radius 2 is 2.00 bits per heavy atom. The molecule has 7 nitrogen and oxygen atoms in total. The van der Waals surface area contributed by atoms with Crippen molar-refractivity contribution in [1.29, 1.82) is 0 Å². The summed E-state index contributed by atoms with van der Waals surface area (Å²) in [7, 11) is -1.01. The molecule has 2 fully saturated rings. The van der Waals surface area contributed by atoms with Crippen LogP contribution in [0.15, 0.2) is 23.4 Å². The van der Waals surface area contributed by atoms with E-state index < -0.39 is 10.8 Å². The van der Waals surface area contributed by atoms with Gasteiger partial charge in [0, 0.05) is 30.5 Å². The number of nitrogens with zero attached hydrogens (tertiary/aromatic N) is 4. The first kappa shape index (κ1) is 20.2. The Balaban J connectivity index is 1.37. The van der Waals surface area contributed by atoms with Crippen molar-refractivity contribution in [2.24, 2.45) is 0 Å². The molecule has 2 N–H and O–H groups in total. The minimum Gasteiger partial charge on any atom is -0.394 e. The predicted molar refractivity (Wildman–Crippen MR) is 118 cm³/mol. The molecule has 0 radical (unpaired) electrons. The average molecular weight is 448 g/mol. The number of fused-ring (bicyclic) bond motifs is 1. The predicted octanol–water partition coefficient (Wildman–Crippen LogP) is 2.90. The second kappa shape index (κ2) is 8.05. The van der Waals surface area contributed by atoms with Gasteiger partial charge in [0.2, 0.25) is 5.95 Å². The molecule has 1 aliphatic carbocycles. The zero-order chi connectivity index (χ0) is 20.7. The van der Waals surface area contributed by atoms with Gasteiger partial charge in [-0.2, -0.15) is 0 Å². The molecule has 3 aliphatic rings. The lowest BCUT2D eigenvalue weighted by Gasteiger charge is -2.42. The Labute approximate surface area is 183 Å². The van der Waals surface area contributed by atoms with Crippen LogP contribution >= 0.6 is 11.6 Å². The van der Waals surface area contributed by atoms with E-state index in [1.807, 2.05) is 0 Å². The first-order valence-electron chi connectivity index (χ1n) is 10.6. The first-order valence-corrected chi connectivity index (χ1v) is 12.3. The van der Waals surface area contributed by atoms with E-state index in [-0.39, 0.29) is 12.1 Å². The van der Waals surface area contributed by atoms with Crippen molar-refractivity contribution in [1.82, 2.24) is 15.0 Å². The van der Waals surface area contributed by atoms with Gasteiger partial charge in [-0.1, -0.05) is 11.6 Å². The summed E-state index contributed by atoms with van der Waals surface area (Å²) < 4.78 is 12.6. The summed E-state index contributed by atoms with van der Waals surface area (Å²) in [6, 6.07) is 2.16. The van der Waals surface area contributed by atoms with Gasteiger partial charge in [-0.3, -0.25) is 4.21 Å². The van der Waals surface area contributed by atoms with Crippen LogP contribution in [-0.4, -0.2) is 55.3 Å². The second-order valence-corrected chi connectivity index (χ2v) is 10.5. The topological polar surface area (TPSA) is 91.2 Å². The molecule has 0 aromatic carbocycles. The lowest BCUT2D eigenvalue weighted by molar-refractivity contribution is 0.143. The molecule has 2 aliphatic heterocycles. The van der Waals surface area contributed by atoms with E-state index in [2.05, 4.69) is 26.3 Å². The Morgan fingerprint density at radius 1 is 1.27 bits per heavy atom. The maximum Gasteiger partial charge on any atom is 0.225 e. The highest BCUT2D eigenvalue weighted by molar-refractivity contribution is 7.85. The number of piperidine rings is 1. The Kier molecular flexibility index (Phi) is 5.41. The second-order valence-electron chi connectivity index (χ2n) is 8.56. The highest BCUT2D eigenvalue weighted by Crippen LogP contribution is 2.40. The van der Waals surface area contributed by atoms with E-state index in [0.29, 0.717) is 22.6 Å². The summed E-state index contributed by atoms with van der Waals surface area (Å²) >= 11 is 5.90. The van der Waals surface area contributed by atoms with Gasteiger partial charge in [0.1, 0.15) is 5.82 Å². The first-order chi connectivity index (χ1) is 14.6. The molecule has 2 aromatic rings. The van der Waals surface area contributed by atoms with Crippen LogP contribution in [-0.2, 0) is 17.2 Å². The van der Waals surface area contributed by atoms with Gasteiger partial charge in [-0.15, -0.1) is 0 Å². The zero-order valence-corrected chi connectivity index (χ0v) is 18.4. The molecule has 1 atom stereocenters. The van der Waals surface area contributed by atoms with Crippen LogP contribution < -0.4 is 10.2 Å². The number of aliphatic hydroxyl groups is 1. The standard InChI is InChI=1S/C21H26ClN5O2S/c22-16-11-23-20(24-12-16)27-7-2-14(3-8-27)17-10-15-4-9-30(29)18(15)19(25-17)26-21(13-28)5-1-6-21/h10-12,14,28H,1-9,13H2,(H,25,26). The highest BCUT2D eigenvalue weighted by atomic mass is 35.5. The third-order valence-electron chi connectivity index (χ3n) is 6.65. The molecule has 160 valence electrons. The van der Waals surface area contributed by atoms with Crippen LogP contribution in [0.25, 0.3) is 0 Å². The molecule has 5 rings (SSSR count). The average Bonchev–Trinajstić information content (AvgIpc) is 3.12. The summed E-state index contributed by atoms with van der Waals surface area (Å²) in [5.41, 5.74) is 1.91. The van der Waals surface area contributed by atoms with Gasteiger partial charge >= 0.3 is 0 Å². The molecule has 1 saturated carbocycles. The fraction of sp³-hybridized carbons (Fsp3) is 0.571. The van der Waals surface area contributed by atoms with Crippen molar-refractivity contribution >= 4 is 34.2 Å². The summed E-state index contributed by atoms with van der Waals surface area (Å²) in [4.78, 5) is 16.7. The molecule has 1 saturated heterocycles. The number of anilines is 2. The van der Waals surface area contributed by atoms with E-state index in [1.165, 1.54) is 0 Å². The van der Waals surface area contributed by atoms with Crippen molar-refractivity contribution in [2.45, 2.75) is 54.9 Å². The molecule has 4 heterocycles. The van der Waals surface area contributed by atoms with Gasteiger partial charge in [-0.05, 0) is 50.2 Å². The third-order valence-corrected chi connectivity index (χ3v) is 8.33. The lowest BCUT2D eigenvalue weighted by Crippen LogP contribution is -2.48.